The Kier molecular flexibility index (Phi) is 4.55. The smallest absolute Gasteiger partial charge is 0.307 e. The van der Waals surface area contributed by atoms with Gasteiger partial charge in [0.2, 0.25) is 0 Å². The lowest BCUT2D eigenvalue weighted by Gasteiger charge is -2.21. The molecule has 1 N–H and O–H groups in total. The Morgan fingerprint density at radius 1 is 1.44 bits per heavy atom. The summed E-state index contributed by atoms with van der Waals surface area (Å²) in [6, 6.07) is 3.65. The fourth-order valence-corrected chi connectivity index (χ4v) is 3.48. The molecule has 1 atom stereocenters. The molecule has 0 fully saturated rings. The standard InChI is InChI=1S/C12H18O4S2/c1-12(2,3)18(15,16)8-9(11(13)14)7-10-5-4-6-17-10/h4-6,9H,7-8H2,1-3H3,(H,13,14). The number of thiophene rings is 1. The average molecular weight is 290 g/mol. The molecule has 1 heterocycles. The number of carboxylic acids is 1. The molecule has 0 aliphatic heterocycles. The first kappa shape index (κ1) is 15.2. The third-order valence-electron chi connectivity index (χ3n) is 2.73. The molecule has 6 heteroatoms. The molecule has 0 spiro atoms. The lowest BCUT2D eigenvalue weighted by Crippen LogP contribution is -2.36. The van der Waals surface area contributed by atoms with Crippen molar-refractivity contribution in [2.24, 2.45) is 5.92 Å². The monoisotopic (exact) mass is 290 g/mol. The lowest BCUT2D eigenvalue weighted by atomic mass is 10.1. The van der Waals surface area contributed by atoms with Gasteiger partial charge >= 0.3 is 5.97 Å². The van der Waals surface area contributed by atoms with Crippen LogP contribution in [-0.4, -0.2) is 30.0 Å². The summed E-state index contributed by atoms with van der Waals surface area (Å²) in [5.41, 5.74) is 0. The largest absolute Gasteiger partial charge is 0.481 e. The molecule has 0 saturated carbocycles. The molecule has 0 amide bonds. The Morgan fingerprint density at radius 3 is 2.44 bits per heavy atom. The van der Waals surface area contributed by atoms with Crippen molar-refractivity contribution in [3.63, 3.8) is 0 Å². The van der Waals surface area contributed by atoms with Gasteiger partial charge < -0.3 is 5.11 Å². The molecule has 18 heavy (non-hydrogen) atoms. The summed E-state index contributed by atoms with van der Waals surface area (Å²) in [6.07, 6.45) is 0.266. The SMILES string of the molecule is CC(C)(C)S(=O)(=O)CC(Cc1cccs1)C(=O)O. The first-order valence-corrected chi connectivity index (χ1v) is 8.14. The molecule has 1 unspecified atom stereocenters. The number of aliphatic carboxylic acids is 1. The first-order valence-electron chi connectivity index (χ1n) is 5.61. The summed E-state index contributed by atoms with van der Waals surface area (Å²) >= 11 is 1.44. The maximum Gasteiger partial charge on any atom is 0.307 e. The van der Waals surface area contributed by atoms with Crippen LogP contribution in [0.25, 0.3) is 0 Å². The topological polar surface area (TPSA) is 71.4 Å². The van der Waals surface area contributed by atoms with Crippen LogP contribution in [0.5, 0.6) is 0 Å². The van der Waals surface area contributed by atoms with Crippen LogP contribution in [0.15, 0.2) is 17.5 Å². The van der Waals surface area contributed by atoms with Gasteiger partial charge in [-0.3, -0.25) is 4.79 Å². The third-order valence-corrected chi connectivity index (χ3v) is 6.34. The molecular weight excluding hydrogens is 272 g/mol. The van der Waals surface area contributed by atoms with E-state index >= 15 is 0 Å². The van der Waals surface area contributed by atoms with Gasteiger partial charge in [0.05, 0.1) is 16.4 Å². The lowest BCUT2D eigenvalue weighted by molar-refractivity contribution is -0.140. The van der Waals surface area contributed by atoms with Crippen molar-refractivity contribution in [1.82, 2.24) is 0 Å². The number of sulfone groups is 1. The second-order valence-electron chi connectivity index (χ2n) is 5.21. The molecular formula is C12H18O4S2. The van der Waals surface area contributed by atoms with E-state index in [4.69, 9.17) is 5.11 Å². The van der Waals surface area contributed by atoms with Gasteiger partial charge in [-0.15, -0.1) is 11.3 Å². The molecule has 0 radical (unpaired) electrons. The van der Waals surface area contributed by atoms with Gasteiger partial charge in [0, 0.05) is 4.88 Å². The van der Waals surface area contributed by atoms with Crippen molar-refractivity contribution >= 4 is 27.1 Å². The highest BCUT2D eigenvalue weighted by atomic mass is 32.2. The van der Waals surface area contributed by atoms with Crippen molar-refractivity contribution in [1.29, 1.82) is 0 Å². The highest BCUT2D eigenvalue weighted by Gasteiger charge is 2.34. The Labute approximate surface area is 112 Å². The molecule has 102 valence electrons. The highest BCUT2D eigenvalue weighted by Crippen LogP contribution is 2.22. The van der Waals surface area contributed by atoms with Gasteiger partial charge in [-0.2, -0.15) is 0 Å². The van der Waals surface area contributed by atoms with Crippen molar-refractivity contribution in [2.45, 2.75) is 31.9 Å². The fourth-order valence-electron chi connectivity index (χ4n) is 1.40. The van der Waals surface area contributed by atoms with Gasteiger partial charge in [-0.25, -0.2) is 8.42 Å². The molecule has 0 aromatic carbocycles. The van der Waals surface area contributed by atoms with Crippen LogP contribution in [0.4, 0.5) is 0 Å². The fraction of sp³-hybridized carbons (Fsp3) is 0.583. The number of carbonyl (C=O) groups is 1. The Bertz CT molecular complexity index is 495. The van der Waals surface area contributed by atoms with E-state index in [1.165, 1.54) is 11.3 Å². The summed E-state index contributed by atoms with van der Waals surface area (Å²) in [5, 5.41) is 11.0. The first-order chi connectivity index (χ1) is 8.13. The predicted molar refractivity (Wildman–Crippen MR) is 72.7 cm³/mol. The van der Waals surface area contributed by atoms with E-state index in [0.29, 0.717) is 0 Å². The molecule has 4 nitrogen and oxygen atoms in total. The van der Waals surface area contributed by atoms with E-state index in [1.807, 2.05) is 17.5 Å². The number of rotatable bonds is 5. The minimum atomic E-state index is -3.42. The van der Waals surface area contributed by atoms with Crippen molar-refractivity contribution in [3.05, 3.63) is 22.4 Å². The van der Waals surface area contributed by atoms with Crippen LogP contribution < -0.4 is 0 Å². The van der Waals surface area contributed by atoms with E-state index in [2.05, 4.69) is 0 Å². The number of carboxylic acid groups (broad SMARTS) is 1. The number of hydrogen-bond acceptors (Lipinski definition) is 4. The second-order valence-corrected chi connectivity index (χ2v) is 9.03. The van der Waals surface area contributed by atoms with Crippen LogP contribution in [0.2, 0.25) is 0 Å². The summed E-state index contributed by atoms with van der Waals surface area (Å²) in [5.74, 6) is -2.26. The van der Waals surface area contributed by atoms with Crippen LogP contribution >= 0.6 is 11.3 Å². The maximum atomic E-state index is 12.0. The van der Waals surface area contributed by atoms with Gasteiger partial charge in [-0.05, 0) is 38.6 Å². The Balaban J connectivity index is 2.86. The Morgan fingerprint density at radius 2 is 2.06 bits per heavy atom. The highest BCUT2D eigenvalue weighted by molar-refractivity contribution is 7.92. The normalized spacial score (nSPS) is 14.4. The average Bonchev–Trinajstić information content (AvgIpc) is 2.67. The van der Waals surface area contributed by atoms with Gasteiger partial charge in [0.15, 0.2) is 9.84 Å². The molecule has 1 aromatic heterocycles. The van der Waals surface area contributed by atoms with Crippen LogP contribution in [0, 0.1) is 5.92 Å². The minimum absolute atomic E-state index is 0.266. The zero-order chi connectivity index (χ0) is 14.0. The van der Waals surface area contributed by atoms with Crippen LogP contribution in [-0.2, 0) is 21.1 Å². The Hall–Kier alpha value is -0.880. The predicted octanol–water partition coefficient (Wildman–Crippen LogP) is 2.20. The van der Waals surface area contributed by atoms with E-state index in [9.17, 15) is 13.2 Å². The summed E-state index contributed by atoms with van der Waals surface area (Å²) in [4.78, 5) is 12.1. The van der Waals surface area contributed by atoms with E-state index in [0.717, 1.165) is 4.88 Å². The van der Waals surface area contributed by atoms with Crippen LogP contribution in [0.3, 0.4) is 0 Å². The van der Waals surface area contributed by atoms with Crippen molar-refractivity contribution in [3.8, 4) is 0 Å². The summed E-state index contributed by atoms with van der Waals surface area (Å²) in [6.45, 7) is 4.77. The maximum absolute atomic E-state index is 12.0. The third kappa shape index (κ3) is 3.81. The van der Waals surface area contributed by atoms with Gasteiger partial charge in [0.1, 0.15) is 0 Å². The summed E-state index contributed by atoms with van der Waals surface area (Å²) in [7, 11) is -3.42. The zero-order valence-electron chi connectivity index (χ0n) is 10.7. The molecule has 0 saturated heterocycles. The number of hydrogen-bond donors (Lipinski definition) is 1. The van der Waals surface area contributed by atoms with E-state index < -0.39 is 26.5 Å². The second kappa shape index (κ2) is 5.40. The van der Waals surface area contributed by atoms with E-state index in [1.54, 1.807) is 20.8 Å². The van der Waals surface area contributed by atoms with Gasteiger partial charge in [0.25, 0.3) is 0 Å². The summed E-state index contributed by atoms with van der Waals surface area (Å²) < 4.78 is 23.2. The van der Waals surface area contributed by atoms with Crippen molar-refractivity contribution in [2.75, 3.05) is 5.75 Å². The molecule has 0 aliphatic carbocycles. The zero-order valence-corrected chi connectivity index (χ0v) is 12.3. The van der Waals surface area contributed by atoms with Crippen LogP contribution in [0.1, 0.15) is 25.6 Å². The molecule has 1 aromatic rings. The molecule has 1 rings (SSSR count). The quantitative estimate of drug-likeness (QED) is 0.902. The van der Waals surface area contributed by atoms with Gasteiger partial charge in [-0.1, -0.05) is 6.07 Å². The molecule has 0 bridgehead atoms. The molecule has 0 aliphatic rings. The van der Waals surface area contributed by atoms with E-state index in [-0.39, 0.29) is 12.2 Å². The minimum Gasteiger partial charge on any atom is -0.481 e. The van der Waals surface area contributed by atoms with Crippen molar-refractivity contribution < 1.29 is 18.3 Å².